The van der Waals surface area contributed by atoms with E-state index in [0.717, 1.165) is 23.7 Å². The molecule has 2 aromatic rings. The first-order chi connectivity index (χ1) is 10.6. The summed E-state index contributed by atoms with van der Waals surface area (Å²) in [5.74, 6) is 0.0270. The molecule has 2 aromatic carbocycles. The minimum absolute atomic E-state index is 0.0270. The van der Waals surface area contributed by atoms with Crippen LogP contribution >= 0.6 is 11.6 Å². The van der Waals surface area contributed by atoms with Crippen LogP contribution in [0.2, 0.25) is 5.02 Å². The van der Waals surface area contributed by atoms with Crippen LogP contribution in [-0.4, -0.2) is 19.0 Å². The van der Waals surface area contributed by atoms with E-state index in [-0.39, 0.29) is 5.91 Å². The van der Waals surface area contributed by atoms with Crippen LogP contribution < -0.4 is 10.6 Å². The largest absolute Gasteiger partial charge is 0.326 e. The van der Waals surface area contributed by atoms with Crippen molar-refractivity contribution >= 4 is 23.2 Å². The quantitative estimate of drug-likeness (QED) is 0.763. The van der Waals surface area contributed by atoms with Gasteiger partial charge in [0.05, 0.1) is 0 Å². The maximum Gasteiger partial charge on any atom is 0.225 e. The maximum absolute atomic E-state index is 11.8. The standard InChI is InChI=1S/C18H21ClN2O/c1-14-5-7-17(8-6-14)21-18(22)10-12-20-11-9-15-3-2-4-16(19)13-15/h2-8,13,20H,9-12H2,1H3,(H,21,22). The van der Waals surface area contributed by atoms with E-state index < -0.39 is 0 Å². The third-order valence-electron chi connectivity index (χ3n) is 3.34. The molecule has 0 unspecified atom stereocenters. The molecule has 0 spiro atoms. The molecule has 0 aliphatic rings. The molecule has 0 aliphatic carbocycles. The molecule has 0 saturated carbocycles. The van der Waals surface area contributed by atoms with Gasteiger partial charge in [-0.1, -0.05) is 41.4 Å². The van der Waals surface area contributed by atoms with Crippen LogP contribution in [0.5, 0.6) is 0 Å². The number of anilines is 1. The number of benzene rings is 2. The normalized spacial score (nSPS) is 10.5. The number of hydrogen-bond acceptors (Lipinski definition) is 2. The molecule has 1 amide bonds. The van der Waals surface area contributed by atoms with E-state index in [0.29, 0.717) is 13.0 Å². The zero-order valence-electron chi connectivity index (χ0n) is 12.7. The first kappa shape index (κ1) is 16.5. The van der Waals surface area contributed by atoms with Crippen molar-refractivity contribution in [1.82, 2.24) is 5.32 Å². The Labute approximate surface area is 136 Å². The molecule has 116 valence electrons. The predicted molar refractivity (Wildman–Crippen MR) is 92.5 cm³/mol. The molecule has 2 N–H and O–H groups in total. The second-order valence-electron chi connectivity index (χ2n) is 5.29. The van der Waals surface area contributed by atoms with E-state index in [9.17, 15) is 4.79 Å². The molecule has 2 rings (SSSR count). The Bertz CT molecular complexity index is 611. The summed E-state index contributed by atoms with van der Waals surface area (Å²) < 4.78 is 0. The van der Waals surface area contributed by atoms with E-state index >= 15 is 0 Å². The summed E-state index contributed by atoms with van der Waals surface area (Å²) in [7, 11) is 0. The molecule has 0 radical (unpaired) electrons. The van der Waals surface area contributed by atoms with Gasteiger partial charge in [-0.05, 0) is 49.7 Å². The highest BCUT2D eigenvalue weighted by atomic mass is 35.5. The number of rotatable bonds is 7. The van der Waals surface area contributed by atoms with Crippen LogP contribution in [0.25, 0.3) is 0 Å². The zero-order chi connectivity index (χ0) is 15.8. The molecule has 0 fully saturated rings. The lowest BCUT2D eigenvalue weighted by atomic mass is 10.1. The van der Waals surface area contributed by atoms with Crippen LogP contribution in [0.3, 0.4) is 0 Å². The average Bonchev–Trinajstić information content (AvgIpc) is 2.49. The lowest BCUT2D eigenvalue weighted by Gasteiger charge is -2.07. The van der Waals surface area contributed by atoms with E-state index in [4.69, 9.17) is 11.6 Å². The van der Waals surface area contributed by atoms with E-state index in [1.54, 1.807) is 0 Å². The highest BCUT2D eigenvalue weighted by Crippen LogP contribution is 2.11. The number of carbonyl (C=O) groups excluding carboxylic acids is 1. The summed E-state index contributed by atoms with van der Waals surface area (Å²) >= 11 is 5.94. The van der Waals surface area contributed by atoms with Crippen LogP contribution in [-0.2, 0) is 11.2 Å². The molecule has 22 heavy (non-hydrogen) atoms. The van der Waals surface area contributed by atoms with Gasteiger partial charge in [0.2, 0.25) is 5.91 Å². The minimum Gasteiger partial charge on any atom is -0.326 e. The Hall–Kier alpha value is -1.84. The molecule has 0 bridgehead atoms. The maximum atomic E-state index is 11.8. The fourth-order valence-electron chi connectivity index (χ4n) is 2.11. The highest BCUT2D eigenvalue weighted by molar-refractivity contribution is 6.30. The fourth-order valence-corrected chi connectivity index (χ4v) is 2.33. The van der Waals surface area contributed by atoms with Crippen molar-refractivity contribution < 1.29 is 4.79 Å². The van der Waals surface area contributed by atoms with Gasteiger partial charge in [-0.25, -0.2) is 0 Å². The van der Waals surface area contributed by atoms with Gasteiger partial charge in [0.25, 0.3) is 0 Å². The summed E-state index contributed by atoms with van der Waals surface area (Å²) in [6, 6.07) is 15.6. The first-order valence-electron chi connectivity index (χ1n) is 7.45. The Morgan fingerprint density at radius 2 is 1.86 bits per heavy atom. The highest BCUT2D eigenvalue weighted by Gasteiger charge is 2.02. The van der Waals surface area contributed by atoms with Crippen molar-refractivity contribution in [3.8, 4) is 0 Å². The van der Waals surface area contributed by atoms with Crippen molar-refractivity contribution in [3.05, 3.63) is 64.7 Å². The van der Waals surface area contributed by atoms with Crippen molar-refractivity contribution in [2.75, 3.05) is 18.4 Å². The lowest BCUT2D eigenvalue weighted by Crippen LogP contribution is -2.23. The Balaban J connectivity index is 1.62. The van der Waals surface area contributed by atoms with Gasteiger partial charge < -0.3 is 10.6 Å². The minimum atomic E-state index is 0.0270. The molecule has 0 saturated heterocycles. The van der Waals surface area contributed by atoms with Crippen LogP contribution in [0, 0.1) is 6.92 Å². The Morgan fingerprint density at radius 1 is 1.09 bits per heavy atom. The van der Waals surface area contributed by atoms with E-state index in [2.05, 4.69) is 16.7 Å². The number of halogens is 1. The average molecular weight is 317 g/mol. The van der Waals surface area contributed by atoms with Crippen molar-refractivity contribution in [3.63, 3.8) is 0 Å². The van der Waals surface area contributed by atoms with Crippen LogP contribution in [0.15, 0.2) is 48.5 Å². The molecular formula is C18H21ClN2O. The monoisotopic (exact) mass is 316 g/mol. The fraction of sp³-hybridized carbons (Fsp3) is 0.278. The van der Waals surface area contributed by atoms with Gasteiger partial charge in [-0.3, -0.25) is 4.79 Å². The van der Waals surface area contributed by atoms with Gasteiger partial charge in [0.1, 0.15) is 0 Å². The van der Waals surface area contributed by atoms with Gasteiger partial charge in [0.15, 0.2) is 0 Å². The predicted octanol–water partition coefficient (Wildman–Crippen LogP) is 3.81. The van der Waals surface area contributed by atoms with Gasteiger partial charge in [-0.15, -0.1) is 0 Å². The summed E-state index contributed by atoms with van der Waals surface area (Å²) in [4.78, 5) is 11.8. The number of aryl methyl sites for hydroxylation is 1. The summed E-state index contributed by atoms with van der Waals surface area (Å²) in [6.45, 7) is 3.52. The molecule has 0 atom stereocenters. The molecule has 4 heteroatoms. The molecule has 0 aliphatic heterocycles. The summed E-state index contributed by atoms with van der Waals surface area (Å²) in [5, 5.41) is 6.92. The van der Waals surface area contributed by atoms with Crippen LogP contribution in [0.1, 0.15) is 17.5 Å². The summed E-state index contributed by atoms with van der Waals surface area (Å²) in [6.07, 6.45) is 1.36. The van der Waals surface area contributed by atoms with Gasteiger partial charge >= 0.3 is 0 Å². The third kappa shape index (κ3) is 5.88. The van der Waals surface area contributed by atoms with E-state index in [1.165, 1.54) is 11.1 Å². The molecule has 0 aromatic heterocycles. The van der Waals surface area contributed by atoms with E-state index in [1.807, 2.05) is 49.4 Å². The van der Waals surface area contributed by atoms with Crippen molar-refractivity contribution in [1.29, 1.82) is 0 Å². The smallest absolute Gasteiger partial charge is 0.225 e. The second-order valence-corrected chi connectivity index (χ2v) is 5.73. The van der Waals surface area contributed by atoms with Crippen molar-refractivity contribution in [2.45, 2.75) is 19.8 Å². The SMILES string of the molecule is Cc1ccc(NC(=O)CCNCCc2cccc(Cl)c2)cc1. The summed E-state index contributed by atoms with van der Waals surface area (Å²) in [5.41, 5.74) is 3.22. The van der Waals surface area contributed by atoms with Crippen molar-refractivity contribution in [2.24, 2.45) is 0 Å². The lowest BCUT2D eigenvalue weighted by molar-refractivity contribution is -0.116. The van der Waals surface area contributed by atoms with Crippen LogP contribution in [0.4, 0.5) is 5.69 Å². The number of amides is 1. The number of nitrogens with one attached hydrogen (secondary N) is 2. The topological polar surface area (TPSA) is 41.1 Å². The zero-order valence-corrected chi connectivity index (χ0v) is 13.5. The first-order valence-corrected chi connectivity index (χ1v) is 7.83. The second kappa shape index (κ2) is 8.57. The third-order valence-corrected chi connectivity index (χ3v) is 3.58. The molecule has 3 nitrogen and oxygen atoms in total. The van der Waals surface area contributed by atoms with Gasteiger partial charge in [0, 0.05) is 23.7 Å². The number of hydrogen-bond donors (Lipinski definition) is 2. The molecule has 0 heterocycles. The Kier molecular flexibility index (Phi) is 6.44. The number of carbonyl (C=O) groups is 1. The molecular weight excluding hydrogens is 296 g/mol. The Morgan fingerprint density at radius 3 is 2.59 bits per heavy atom. The van der Waals surface area contributed by atoms with Gasteiger partial charge in [-0.2, -0.15) is 0 Å².